The van der Waals surface area contributed by atoms with Gasteiger partial charge in [-0.2, -0.15) is 0 Å². The second kappa shape index (κ2) is 4.08. The first-order chi connectivity index (χ1) is 7.20. The molecule has 1 unspecified atom stereocenters. The van der Waals surface area contributed by atoms with Crippen molar-refractivity contribution >= 4 is 27.6 Å². The van der Waals surface area contributed by atoms with Crippen LogP contribution in [0.2, 0.25) is 0 Å². The van der Waals surface area contributed by atoms with E-state index in [4.69, 9.17) is 5.73 Å². The zero-order chi connectivity index (χ0) is 10.8. The van der Waals surface area contributed by atoms with Crippen LogP contribution >= 0.6 is 11.3 Å². The van der Waals surface area contributed by atoms with Crippen molar-refractivity contribution in [3.05, 3.63) is 11.2 Å². The quantitative estimate of drug-likeness (QED) is 0.816. The molecule has 0 spiro atoms. The van der Waals surface area contributed by atoms with E-state index in [0.29, 0.717) is 12.5 Å². The number of rotatable bonds is 3. The van der Waals surface area contributed by atoms with Gasteiger partial charge in [0, 0.05) is 12.6 Å². The van der Waals surface area contributed by atoms with E-state index in [9.17, 15) is 0 Å². The lowest BCUT2D eigenvalue weighted by Crippen LogP contribution is -2.26. The summed E-state index contributed by atoms with van der Waals surface area (Å²) in [4.78, 5) is 13.8. The van der Waals surface area contributed by atoms with E-state index in [1.807, 2.05) is 13.8 Å². The third kappa shape index (κ3) is 2.05. The van der Waals surface area contributed by atoms with Gasteiger partial charge in [-0.3, -0.25) is 0 Å². The summed E-state index contributed by atoms with van der Waals surface area (Å²) in [6.07, 6.45) is 0. The Balaban J connectivity index is 2.36. The first-order valence-electron chi connectivity index (χ1n) is 4.75. The highest BCUT2D eigenvalue weighted by molar-refractivity contribution is 7.16. The number of fused-ring (bicyclic) bond motifs is 1. The fraction of sp³-hybridized carbons (Fsp3) is 0.444. The highest BCUT2D eigenvalue weighted by atomic mass is 32.1. The lowest BCUT2D eigenvalue weighted by Gasteiger charge is -2.11. The zero-order valence-electron chi connectivity index (χ0n) is 8.69. The number of aromatic nitrogens is 3. The van der Waals surface area contributed by atoms with Gasteiger partial charge in [-0.05, 0) is 13.8 Å². The molecule has 0 radical (unpaired) electrons. The molecule has 2 aromatic heterocycles. The Morgan fingerprint density at radius 3 is 3.07 bits per heavy atom. The van der Waals surface area contributed by atoms with Gasteiger partial charge in [0.25, 0.3) is 0 Å². The molecule has 1 atom stereocenters. The van der Waals surface area contributed by atoms with Gasteiger partial charge in [0.05, 0.1) is 11.2 Å². The van der Waals surface area contributed by atoms with Crippen LogP contribution in [-0.4, -0.2) is 27.5 Å². The molecule has 0 fully saturated rings. The maximum Gasteiger partial charge on any atom is 0.224 e. The SMILES string of the molecule is Cc1nc(NC(C)CN)nc2scnc12. The number of thiazole rings is 1. The molecular formula is C9H13N5S. The molecule has 80 valence electrons. The maximum atomic E-state index is 5.52. The van der Waals surface area contributed by atoms with Gasteiger partial charge in [0.15, 0.2) is 0 Å². The standard InChI is InChI=1S/C9H13N5S/c1-5(3-10)12-9-13-6(2)7-8(14-9)15-4-11-7/h4-5H,3,10H2,1-2H3,(H,12,13,14). The van der Waals surface area contributed by atoms with Crippen LogP contribution in [0.4, 0.5) is 5.95 Å². The summed E-state index contributed by atoms with van der Waals surface area (Å²) in [5.41, 5.74) is 9.08. The average molecular weight is 223 g/mol. The Bertz CT molecular complexity index is 466. The van der Waals surface area contributed by atoms with Gasteiger partial charge in [-0.15, -0.1) is 11.3 Å². The van der Waals surface area contributed by atoms with E-state index in [1.165, 1.54) is 11.3 Å². The van der Waals surface area contributed by atoms with E-state index in [2.05, 4.69) is 20.3 Å². The maximum absolute atomic E-state index is 5.52. The van der Waals surface area contributed by atoms with Gasteiger partial charge in [-0.25, -0.2) is 15.0 Å². The van der Waals surface area contributed by atoms with E-state index >= 15 is 0 Å². The number of anilines is 1. The average Bonchev–Trinajstić information content (AvgIpc) is 2.66. The molecule has 3 N–H and O–H groups in total. The van der Waals surface area contributed by atoms with E-state index in [-0.39, 0.29) is 6.04 Å². The van der Waals surface area contributed by atoms with Crippen LogP contribution in [-0.2, 0) is 0 Å². The summed E-state index contributed by atoms with van der Waals surface area (Å²) in [6.45, 7) is 4.49. The van der Waals surface area contributed by atoms with E-state index in [0.717, 1.165) is 16.0 Å². The predicted octanol–water partition coefficient (Wildman–Crippen LogP) is 1.15. The highest BCUT2D eigenvalue weighted by Crippen LogP contribution is 2.19. The summed E-state index contributed by atoms with van der Waals surface area (Å²) in [5, 5.41) is 3.15. The first kappa shape index (κ1) is 10.3. The Labute approximate surface area is 91.8 Å². The minimum atomic E-state index is 0.176. The second-order valence-corrected chi connectivity index (χ2v) is 4.25. The molecule has 0 aromatic carbocycles. The Morgan fingerprint density at radius 1 is 1.53 bits per heavy atom. The van der Waals surface area contributed by atoms with Crippen molar-refractivity contribution in [3.63, 3.8) is 0 Å². The van der Waals surface area contributed by atoms with Gasteiger partial charge in [-0.1, -0.05) is 0 Å². The number of nitrogens with zero attached hydrogens (tertiary/aromatic N) is 3. The molecular weight excluding hydrogens is 210 g/mol. The minimum Gasteiger partial charge on any atom is -0.350 e. The Kier molecular flexibility index (Phi) is 2.79. The molecule has 0 bridgehead atoms. The summed E-state index contributed by atoms with van der Waals surface area (Å²) < 4.78 is 0. The van der Waals surface area contributed by atoms with Gasteiger partial charge < -0.3 is 11.1 Å². The monoisotopic (exact) mass is 223 g/mol. The highest BCUT2D eigenvalue weighted by Gasteiger charge is 2.08. The molecule has 15 heavy (non-hydrogen) atoms. The van der Waals surface area contributed by atoms with Crippen molar-refractivity contribution in [2.75, 3.05) is 11.9 Å². The zero-order valence-corrected chi connectivity index (χ0v) is 9.51. The molecule has 2 aromatic rings. The molecule has 5 nitrogen and oxygen atoms in total. The lowest BCUT2D eigenvalue weighted by atomic mass is 10.3. The predicted molar refractivity (Wildman–Crippen MR) is 62.1 cm³/mol. The van der Waals surface area contributed by atoms with Crippen molar-refractivity contribution in [1.82, 2.24) is 15.0 Å². The fourth-order valence-corrected chi connectivity index (χ4v) is 1.95. The molecule has 2 rings (SSSR count). The normalized spacial score (nSPS) is 13.0. The molecule has 0 saturated carbocycles. The minimum absolute atomic E-state index is 0.176. The summed E-state index contributed by atoms with van der Waals surface area (Å²) in [6, 6.07) is 0.176. The number of hydrogen-bond acceptors (Lipinski definition) is 6. The summed E-state index contributed by atoms with van der Waals surface area (Å²) in [7, 11) is 0. The number of aryl methyl sites for hydroxylation is 1. The van der Waals surface area contributed by atoms with Crippen LogP contribution < -0.4 is 11.1 Å². The molecule has 0 saturated heterocycles. The molecule has 0 amide bonds. The third-order valence-corrected chi connectivity index (χ3v) is 2.82. The van der Waals surface area contributed by atoms with Crippen LogP contribution in [0.25, 0.3) is 10.3 Å². The van der Waals surface area contributed by atoms with Crippen molar-refractivity contribution in [3.8, 4) is 0 Å². The van der Waals surface area contributed by atoms with E-state index < -0.39 is 0 Å². The Morgan fingerprint density at radius 2 is 2.33 bits per heavy atom. The van der Waals surface area contributed by atoms with Gasteiger partial charge in [0.1, 0.15) is 10.3 Å². The smallest absolute Gasteiger partial charge is 0.224 e. The van der Waals surface area contributed by atoms with Crippen LogP contribution in [0.3, 0.4) is 0 Å². The second-order valence-electron chi connectivity index (χ2n) is 3.42. The van der Waals surface area contributed by atoms with Crippen molar-refractivity contribution in [2.24, 2.45) is 5.73 Å². The summed E-state index contributed by atoms with van der Waals surface area (Å²) in [5.74, 6) is 0.627. The van der Waals surface area contributed by atoms with Crippen LogP contribution in [0, 0.1) is 6.92 Å². The lowest BCUT2D eigenvalue weighted by molar-refractivity contribution is 0.791. The first-order valence-corrected chi connectivity index (χ1v) is 5.63. The number of nitrogens with two attached hydrogens (primary N) is 1. The van der Waals surface area contributed by atoms with Crippen LogP contribution in [0.15, 0.2) is 5.51 Å². The summed E-state index contributed by atoms with van der Waals surface area (Å²) >= 11 is 1.52. The molecule has 2 heterocycles. The number of nitrogens with one attached hydrogen (secondary N) is 1. The molecule has 0 aliphatic heterocycles. The van der Waals surface area contributed by atoms with E-state index in [1.54, 1.807) is 5.51 Å². The largest absolute Gasteiger partial charge is 0.350 e. The third-order valence-electron chi connectivity index (χ3n) is 2.10. The number of hydrogen-bond donors (Lipinski definition) is 2. The van der Waals surface area contributed by atoms with Crippen molar-refractivity contribution < 1.29 is 0 Å². The van der Waals surface area contributed by atoms with Gasteiger partial charge in [0.2, 0.25) is 5.95 Å². The topological polar surface area (TPSA) is 76.7 Å². The van der Waals surface area contributed by atoms with Crippen LogP contribution in [0.5, 0.6) is 0 Å². The molecule has 0 aliphatic rings. The Hall–Kier alpha value is -1.27. The molecule has 0 aliphatic carbocycles. The fourth-order valence-electron chi connectivity index (χ4n) is 1.24. The van der Waals surface area contributed by atoms with Gasteiger partial charge >= 0.3 is 0 Å². The van der Waals surface area contributed by atoms with Crippen molar-refractivity contribution in [2.45, 2.75) is 19.9 Å². The van der Waals surface area contributed by atoms with Crippen LogP contribution in [0.1, 0.15) is 12.6 Å². The molecule has 6 heteroatoms. The van der Waals surface area contributed by atoms with Crippen molar-refractivity contribution in [1.29, 1.82) is 0 Å².